The molecule has 4 aromatic rings. The van der Waals surface area contributed by atoms with E-state index in [4.69, 9.17) is 4.98 Å². The van der Waals surface area contributed by atoms with Crippen molar-refractivity contribution in [1.29, 1.82) is 0 Å². The first-order valence-electron chi connectivity index (χ1n) is 8.13. The third-order valence-electron chi connectivity index (χ3n) is 4.12. The zero-order valence-corrected chi connectivity index (χ0v) is 13.6. The molecule has 0 spiro atoms. The second kappa shape index (κ2) is 6.20. The first-order chi connectivity index (χ1) is 11.8. The second-order valence-corrected chi connectivity index (χ2v) is 5.95. The van der Waals surface area contributed by atoms with Gasteiger partial charge in [-0.05, 0) is 24.1 Å². The van der Waals surface area contributed by atoms with Crippen LogP contribution in [-0.4, -0.2) is 9.38 Å². The molecule has 0 aliphatic heterocycles. The van der Waals surface area contributed by atoms with Crippen LogP contribution in [0.15, 0.2) is 79.0 Å². The van der Waals surface area contributed by atoms with Gasteiger partial charge in [0.15, 0.2) is 0 Å². The molecular weight excluding hydrogens is 294 g/mol. The molecule has 0 amide bonds. The average molecular weight is 313 g/mol. The predicted molar refractivity (Wildman–Crippen MR) is 99.1 cm³/mol. The van der Waals surface area contributed by atoms with E-state index in [-0.39, 0.29) is 0 Å². The summed E-state index contributed by atoms with van der Waals surface area (Å²) < 4.78 is 2.14. The molecule has 2 aromatic heterocycles. The Hall–Kier alpha value is -3.07. The molecule has 0 atom stereocenters. The molecule has 0 fully saturated rings. The number of nitrogens with zero attached hydrogens (tertiary/aromatic N) is 2. The van der Waals surface area contributed by atoms with E-state index < -0.39 is 0 Å². The summed E-state index contributed by atoms with van der Waals surface area (Å²) in [5.74, 6) is 1.03. The van der Waals surface area contributed by atoms with Crippen LogP contribution < -0.4 is 5.32 Å². The molecule has 0 aliphatic carbocycles. The number of imidazole rings is 1. The minimum atomic E-state index is 0.766. The number of hydrogen-bond acceptors (Lipinski definition) is 2. The highest BCUT2D eigenvalue weighted by molar-refractivity contribution is 5.76. The summed E-state index contributed by atoms with van der Waals surface area (Å²) >= 11 is 0. The molecule has 0 unspecified atom stereocenters. The summed E-state index contributed by atoms with van der Waals surface area (Å²) in [5, 5.41) is 3.58. The van der Waals surface area contributed by atoms with Crippen LogP contribution in [0.4, 0.5) is 5.82 Å². The minimum absolute atomic E-state index is 0.766. The van der Waals surface area contributed by atoms with Gasteiger partial charge in [-0.2, -0.15) is 0 Å². The molecule has 3 nitrogen and oxygen atoms in total. The van der Waals surface area contributed by atoms with Crippen LogP contribution in [0.1, 0.15) is 11.1 Å². The van der Waals surface area contributed by atoms with E-state index in [0.717, 1.165) is 29.3 Å². The molecule has 0 bridgehead atoms. The van der Waals surface area contributed by atoms with Crippen molar-refractivity contribution in [3.05, 3.63) is 90.1 Å². The average Bonchev–Trinajstić information content (AvgIpc) is 2.99. The Morgan fingerprint density at radius 3 is 2.33 bits per heavy atom. The second-order valence-electron chi connectivity index (χ2n) is 5.95. The van der Waals surface area contributed by atoms with Crippen molar-refractivity contribution in [2.24, 2.45) is 0 Å². The summed E-state index contributed by atoms with van der Waals surface area (Å²) in [6.45, 7) is 2.87. The molecule has 2 aromatic carbocycles. The molecule has 4 rings (SSSR count). The van der Waals surface area contributed by atoms with Gasteiger partial charge < -0.3 is 5.32 Å². The zero-order valence-electron chi connectivity index (χ0n) is 13.6. The Morgan fingerprint density at radius 1 is 0.875 bits per heavy atom. The maximum atomic E-state index is 4.84. The molecule has 1 N–H and O–H groups in total. The van der Waals surface area contributed by atoms with E-state index in [1.807, 2.05) is 24.3 Å². The molecule has 0 saturated heterocycles. The number of aryl methyl sites for hydroxylation is 1. The fourth-order valence-electron chi connectivity index (χ4n) is 2.90. The van der Waals surface area contributed by atoms with Gasteiger partial charge in [-0.25, -0.2) is 4.98 Å². The quantitative estimate of drug-likeness (QED) is 0.579. The van der Waals surface area contributed by atoms with Crippen molar-refractivity contribution in [2.75, 3.05) is 5.32 Å². The highest BCUT2D eigenvalue weighted by atomic mass is 15.1. The Balaban J connectivity index is 1.80. The number of nitrogens with one attached hydrogen (secondary N) is 1. The number of aromatic nitrogens is 2. The summed E-state index contributed by atoms with van der Waals surface area (Å²) in [5.41, 5.74) is 5.52. The van der Waals surface area contributed by atoms with Gasteiger partial charge in [0.2, 0.25) is 0 Å². The highest BCUT2D eigenvalue weighted by Gasteiger charge is 2.13. The molecule has 2 heterocycles. The van der Waals surface area contributed by atoms with Crippen molar-refractivity contribution in [3.63, 3.8) is 0 Å². The molecule has 0 aliphatic rings. The first kappa shape index (κ1) is 14.5. The van der Waals surface area contributed by atoms with E-state index >= 15 is 0 Å². The van der Waals surface area contributed by atoms with Crippen LogP contribution in [0.25, 0.3) is 16.9 Å². The lowest BCUT2D eigenvalue weighted by atomic mass is 10.1. The lowest BCUT2D eigenvalue weighted by molar-refractivity contribution is 1.08. The van der Waals surface area contributed by atoms with Gasteiger partial charge in [0.1, 0.15) is 17.2 Å². The van der Waals surface area contributed by atoms with E-state index in [1.54, 1.807) is 0 Å². The predicted octanol–water partition coefficient (Wildman–Crippen LogP) is 4.92. The Morgan fingerprint density at radius 2 is 1.58 bits per heavy atom. The molecular formula is C21H19N3. The summed E-state index contributed by atoms with van der Waals surface area (Å²) in [6.07, 6.45) is 2.13. The Bertz CT molecular complexity index is 956. The van der Waals surface area contributed by atoms with Crippen molar-refractivity contribution >= 4 is 11.5 Å². The topological polar surface area (TPSA) is 29.3 Å². The number of benzene rings is 2. The van der Waals surface area contributed by atoms with Crippen molar-refractivity contribution in [2.45, 2.75) is 13.5 Å². The molecule has 0 radical (unpaired) electrons. The summed E-state index contributed by atoms with van der Waals surface area (Å²) in [7, 11) is 0. The fourth-order valence-corrected chi connectivity index (χ4v) is 2.90. The van der Waals surface area contributed by atoms with Gasteiger partial charge in [-0.3, -0.25) is 4.40 Å². The summed E-state index contributed by atoms with van der Waals surface area (Å²) in [6, 6.07) is 24.9. The van der Waals surface area contributed by atoms with E-state index in [2.05, 4.69) is 71.4 Å². The molecule has 3 heteroatoms. The van der Waals surface area contributed by atoms with Gasteiger partial charge in [0, 0.05) is 18.3 Å². The maximum absolute atomic E-state index is 4.84. The van der Waals surface area contributed by atoms with E-state index in [0.29, 0.717) is 0 Å². The summed E-state index contributed by atoms with van der Waals surface area (Å²) in [4.78, 5) is 4.84. The number of rotatable bonds is 4. The Labute approximate surface area is 141 Å². The van der Waals surface area contributed by atoms with Gasteiger partial charge in [-0.1, -0.05) is 66.7 Å². The van der Waals surface area contributed by atoms with Crippen LogP contribution in [0.3, 0.4) is 0 Å². The van der Waals surface area contributed by atoms with Crippen molar-refractivity contribution in [1.82, 2.24) is 9.38 Å². The van der Waals surface area contributed by atoms with Crippen LogP contribution in [-0.2, 0) is 6.54 Å². The lowest BCUT2D eigenvalue weighted by Gasteiger charge is -2.09. The van der Waals surface area contributed by atoms with Crippen molar-refractivity contribution < 1.29 is 0 Å². The number of fused-ring (bicyclic) bond motifs is 1. The van der Waals surface area contributed by atoms with Crippen LogP contribution in [0.2, 0.25) is 0 Å². The number of hydrogen-bond donors (Lipinski definition) is 1. The van der Waals surface area contributed by atoms with Gasteiger partial charge in [-0.15, -0.1) is 0 Å². The largest absolute Gasteiger partial charge is 0.365 e. The Kier molecular flexibility index (Phi) is 3.75. The lowest BCUT2D eigenvalue weighted by Crippen LogP contribution is -2.03. The highest BCUT2D eigenvalue weighted by Crippen LogP contribution is 2.29. The normalized spacial score (nSPS) is 10.9. The minimum Gasteiger partial charge on any atom is -0.365 e. The third kappa shape index (κ3) is 2.76. The SMILES string of the molecule is Cc1ccc2nc(-c3ccccc3)c(NCc3ccccc3)n2c1. The van der Waals surface area contributed by atoms with Gasteiger partial charge in [0.05, 0.1) is 0 Å². The molecule has 118 valence electrons. The van der Waals surface area contributed by atoms with Crippen molar-refractivity contribution in [3.8, 4) is 11.3 Å². The number of pyridine rings is 1. The van der Waals surface area contributed by atoms with Gasteiger partial charge >= 0.3 is 0 Å². The van der Waals surface area contributed by atoms with Crippen LogP contribution in [0.5, 0.6) is 0 Å². The van der Waals surface area contributed by atoms with Crippen LogP contribution in [0, 0.1) is 6.92 Å². The van der Waals surface area contributed by atoms with Gasteiger partial charge in [0.25, 0.3) is 0 Å². The smallest absolute Gasteiger partial charge is 0.139 e. The molecule has 0 saturated carbocycles. The first-order valence-corrected chi connectivity index (χ1v) is 8.13. The third-order valence-corrected chi connectivity index (χ3v) is 4.12. The van der Waals surface area contributed by atoms with Crippen LogP contribution >= 0.6 is 0 Å². The standard InChI is InChI=1S/C21H19N3/c1-16-12-13-19-23-20(18-10-6-3-7-11-18)21(24(19)15-16)22-14-17-8-4-2-5-9-17/h2-13,15,22H,14H2,1H3. The monoisotopic (exact) mass is 313 g/mol. The van der Waals surface area contributed by atoms with E-state index in [1.165, 1.54) is 11.1 Å². The maximum Gasteiger partial charge on any atom is 0.139 e. The zero-order chi connectivity index (χ0) is 16.4. The fraction of sp³-hybridized carbons (Fsp3) is 0.0952. The number of anilines is 1. The van der Waals surface area contributed by atoms with E-state index in [9.17, 15) is 0 Å². The molecule has 24 heavy (non-hydrogen) atoms.